The van der Waals surface area contributed by atoms with Crippen molar-refractivity contribution in [3.8, 4) is 5.69 Å². The molecule has 0 saturated carbocycles. The Kier molecular flexibility index (Phi) is 6.52. The average molecular weight is 483 g/mol. The molecule has 0 aliphatic carbocycles. The number of hydrazine groups is 1. The minimum atomic E-state index is -3.81. The number of halogens is 1. The number of amides is 2. The summed E-state index contributed by atoms with van der Waals surface area (Å²) in [4.78, 5) is 28.8. The van der Waals surface area contributed by atoms with Crippen LogP contribution >= 0.6 is 0 Å². The van der Waals surface area contributed by atoms with E-state index < -0.39 is 27.7 Å². The average Bonchev–Trinajstić information content (AvgIpc) is 3.54. The Morgan fingerprint density at radius 3 is 2.35 bits per heavy atom. The van der Waals surface area contributed by atoms with Crippen LogP contribution in [0.5, 0.6) is 0 Å². The zero-order valence-corrected chi connectivity index (χ0v) is 18.3. The number of furan rings is 1. The van der Waals surface area contributed by atoms with E-state index in [1.54, 1.807) is 12.1 Å². The molecule has 0 atom stereocenters. The van der Waals surface area contributed by atoms with Gasteiger partial charge in [0, 0.05) is 11.3 Å². The molecule has 0 fully saturated rings. The summed E-state index contributed by atoms with van der Waals surface area (Å²) >= 11 is 0. The Morgan fingerprint density at radius 1 is 0.971 bits per heavy atom. The molecule has 2 aromatic heterocycles. The van der Waals surface area contributed by atoms with E-state index in [4.69, 9.17) is 4.42 Å². The molecule has 0 spiro atoms. The van der Waals surface area contributed by atoms with E-state index in [0.717, 1.165) is 0 Å². The molecule has 0 radical (unpaired) electrons. The number of carbonyl (C=O) groups excluding carboxylic acids is 2. The minimum Gasteiger partial charge on any atom is -0.468 e. The van der Waals surface area contributed by atoms with Crippen molar-refractivity contribution in [1.29, 1.82) is 0 Å². The number of sulfonamides is 1. The lowest BCUT2D eigenvalue weighted by molar-refractivity contribution is 0.0843. The number of imidazole rings is 1. The van der Waals surface area contributed by atoms with Crippen LogP contribution in [0.25, 0.3) is 5.69 Å². The van der Waals surface area contributed by atoms with Gasteiger partial charge in [-0.05, 0) is 60.7 Å². The predicted octanol–water partition coefficient (Wildman–Crippen LogP) is 2.16. The number of hydrogen-bond donors (Lipinski definition) is 3. The van der Waals surface area contributed by atoms with Crippen LogP contribution in [-0.4, -0.2) is 29.8 Å². The van der Waals surface area contributed by atoms with Gasteiger partial charge in [-0.1, -0.05) is 0 Å². The first-order chi connectivity index (χ1) is 16.3. The van der Waals surface area contributed by atoms with Gasteiger partial charge in [0.25, 0.3) is 11.8 Å². The van der Waals surface area contributed by atoms with Crippen molar-refractivity contribution in [3.63, 3.8) is 0 Å². The Labute approximate surface area is 193 Å². The van der Waals surface area contributed by atoms with Crippen molar-refractivity contribution < 1.29 is 26.8 Å². The van der Waals surface area contributed by atoms with E-state index in [1.807, 2.05) is 0 Å². The van der Waals surface area contributed by atoms with Crippen LogP contribution in [0.15, 0.2) is 88.8 Å². The third kappa shape index (κ3) is 5.19. The molecule has 12 heteroatoms. The van der Waals surface area contributed by atoms with Crippen molar-refractivity contribution in [1.82, 2.24) is 25.1 Å². The number of carbonyl (C=O) groups is 2. The van der Waals surface area contributed by atoms with Gasteiger partial charge >= 0.3 is 0 Å². The summed E-state index contributed by atoms with van der Waals surface area (Å²) in [6.45, 7) is -0.0158. The molecule has 0 bridgehead atoms. The highest BCUT2D eigenvalue weighted by Crippen LogP contribution is 2.13. The third-order valence-electron chi connectivity index (χ3n) is 4.71. The van der Waals surface area contributed by atoms with Crippen molar-refractivity contribution in [2.45, 2.75) is 11.4 Å². The zero-order chi connectivity index (χ0) is 24.1. The first-order valence-corrected chi connectivity index (χ1v) is 11.3. The molecule has 174 valence electrons. The normalized spacial score (nSPS) is 11.2. The van der Waals surface area contributed by atoms with Crippen LogP contribution in [0.3, 0.4) is 0 Å². The molecule has 2 amide bonds. The van der Waals surface area contributed by atoms with E-state index in [9.17, 15) is 22.4 Å². The van der Waals surface area contributed by atoms with Gasteiger partial charge in [-0.15, -0.1) is 0 Å². The molecule has 0 aliphatic heterocycles. The fourth-order valence-corrected chi connectivity index (χ4v) is 3.96. The minimum absolute atomic E-state index is 0.0158. The van der Waals surface area contributed by atoms with Gasteiger partial charge in [0.05, 0.1) is 30.2 Å². The predicted molar refractivity (Wildman–Crippen MR) is 118 cm³/mol. The van der Waals surface area contributed by atoms with Gasteiger partial charge in [0.15, 0.2) is 0 Å². The van der Waals surface area contributed by atoms with Gasteiger partial charge in [-0.25, -0.2) is 22.5 Å². The lowest BCUT2D eigenvalue weighted by Gasteiger charge is -2.10. The lowest BCUT2D eigenvalue weighted by atomic mass is 10.2. The zero-order valence-electron chi connectivity index (χ0n) is 17.4. The highest BCUT2D eigenvalue weighted by molar-refractivity contribution is 7.89. The Balaban J connectivity index is 1.37. The third-order valence-corrected chi connectivity index (χ3v) is 6.13. The molecular weight excluding hydrogens is 465 g/mol. The van der Waals surface area contributed by atoms with Gasteiger partial charge in [-0.2, -0.15) is 0 Å². The van der Waals surface area contributed by atoms with Crippen LogP contribution in [0, 0.1) is 5.82 Å². The van der Waals surface area contributed by atoms with Crippen molar-refractivity contribution in [2.24, 2.45) is 0 Å². The summed E-state index contributed by atoms with van der Waals surface area (Å²) in [5.74, 6) is -1.28. The van der Waals surface area contributed by atoms with E-state index in [-0.39, 0.29) is 22.7 Å². The SMILES string of the molecule is O=C(NNC(=O)c1cncn1-c1ccc(F)cc1)c1ccc(S(=O)(=O)NCc2ccco2)cc1. The van der Waals surface area contributed by atoms with Crippen LogP contribution in [-0.2, 0) is 16.6 Å². The lowest BCUT2D eigenvalue weighted by Crippen LogP contribution is -2.42. The van der Waals surface area contributed by atoms with Gasteiger partial charge in [0.2, 0.25) is 10.0 Å². The smallest absolute Gasteiger partial charge is 0.288 e. The Hall–Kier alpha value is -4.29. The van der Waals surface area contributed by atoms with Crippen LogP contribution in [0.1, 0.15) is 26.6 Å². The second-order valence-electron chi connectivity index (χ2n) is 6.96. The van der Waals surface area contributed by atoms with Crippen molar-refractivity contribution in [3.05, 3.63) is 102 Å². The second kappa shape index (κ2) is 9.68. The summed E-state index contributed by atoms with van der Waals surface area (Å²) in [5, 5.41) is 0. The summed E-state index contributed by atoms with van der Waals surface area (Å²) in [6.07, 6.45) is 4.11. The molecule has 0 aliphatic rings. The topological polar surface area (TPSA) is 135 Å². The van der Waals surface area contributed by atoms with E-state index in [2.05, 4.69) is 20.6 Å². The maximum atomic E-state index is 13.2. The standard InChI is InChI=1S/C22H18FN5O5S/c23-16-5-7-17(8-6-16)28-14-24-13-20(28)22(30)27-26-21(29)15-3-9-19(10-4-15)34(31,32)25-12-18-2-1-11-33-18/h1-11,13-14,25H,12H2,(H,26,29)(H,27,30). The Bertz CT molecular complexity index is 1400. The fourth-order valence-electron chi connectivity index (χ4n) is 2.97. The molecule has 4 aromatic rings. The summed E-state index contributed by atoms with van der Waals surface area (Å²) in [7, 11) is -3.81. The van der Waals surface area contributed by atoms with E-state index in [0.29, 0.717) is 11.4 Å². The molecule has 0 saturated heterocycles. The van der Waals surface area contributed by atoms with Crippen molar-refractivity contribution in [2.75, 3.05) is 0 Å². The molecule has 2 heterocycles. The molecule has 3 N–H and O–H groups in total. The van der Waals surface area contributed by atoms with Crippen LogP contribution < -0.4 is 15.6 Å². The molecule has 34 heavy (non-hydrogen) atoms. The summed E-state index contributed by atoms with van der Waals surface area (Å²) in [5.41, 5.74) is 5.27. The van der Waals surface area contributed by atoms with Gasteiger partial charge in [-0.3, -0.25) is 25.0 Å². The van der Waals surface area contributed by atoms with Crippen LogP contribution in [0.4, 0.5) is 4.39 Å². The number of rotatable bonds is 7. The quantitative estimate of drug-likeness (QED) is 0.345. The number of benzene rings is 2. The second-order valence-corrected chi connectivity index (χ2v) is 8.73. The maximum absolute atomic E-state index is 13.2. The molecule has 0 unspecified atom stereocenters. The first-order valence-electron chi connectivity index (χ1n) is 9.84. The number of hydrogen-bond acceptors (Lipinski definition) is 6. The number of nitrogens with one attached hydrogen (secondary N) is 3. The van der Waals surface area contributed by atoms with Gasteiger partial charge < -0.3 is 4.42 Å². The summed E-state index contributed by atoms with van der Waals surface area (Å²) in [6, 6.07) is 13.9. The van der Waals surface area contributed by atoms with E-state index in [1.165, 1.54) is 71.9 Å². The number of aromatic nitrogens is 2. The molecule has 10 nitrogen and oxygen atoms in total. The monoisotopic (exact) mass is 483 g/mol. The van der Waals surface area contributed by atoms with E-state index >= 15 is 0 Å². The number of nitrogens with zero attached hydrogens (tertiary/aromatic N) is 2. The van der Waals surface area contributed by atoms with Gasteiger partial charge in [0.1, 0.15) is 17.3 Å². The molecular formula is C22H18FN5O5S. The largest absolute Gasteiger partial charge is 0.468 e. The highest BCUT2D eigenvalue weighted by Gasteiger charge is 2.17. The van der Waals surface area contributed by atoms with Crippen LogP contribution in [0.2, 0.25) is 0 Å². The van der Waals surface area contributed by atoms with Crippen molar-refractivity contribution >= 4 is 21.8 Å². The highest BCUT2D eigenvalue weighted by atomic mass is 32.2. The maximum Gasteiger partial charge on any atom is 0.288 e. The fraction of sp³-hybridized carbons (Fsp3) is 0.0455. The summed E-state index contributed by atoms with van der Waals surface area (Å²) < 4.78 is 46.8. The molecule has 2 aromatic carbocycles. The molecule has 4 rings (SSSR count). The first kappa shape index (κ1) is 22.9. The Morgan fingerprint density at radius 2 is 1.68 bits per heavy atom.